The Labute approximate surface area is 91.8 Å². The van der Waals surface area contributed by atoms with E-state index >= 15 is 0 Å². The Bertz CT molecular complexity index is 453. The van der Waals surface area contributed by atoms with E-state index in [0.29, 0.717) is 37.0 Å². The molecule has 1 fully saturated rings. The van der Waals surface area contributed by atoms with E-state index in [-0.39, 0.29) is 12.2 Å². The number of aliphatic hydroxyl groups is 1. The second-order valence-electron chi connectivity index (χ2n) is 4.63. The van der Waals surface area contributed by atoms with Crippen molar-refractivity contribution in [3.05, 3.63) is 28.8 Å². The third-order valence-electron chi connectivity index (χ3n) is 3.33. The van der Waals surface area contributed by atoms with Crippen molar-refractivity contribution in [1.29, 1.82) is 0 Å². The lowest BCUT2D eigenvalue weighted by atomic mass is 9.97. The van der Waals surface area contributed by atoms with Gasteiger partial charge in [-0.1, -0.05) is 0 Å². The normalized spacial score (nSPS) is 20.4. The third-order valence-corrected chi connectivity index (χ3v) is 3.33. The molecular formula is C12H12F2O2. The molecule has 1 saturated carbocycles. The highest BCUT2D eigenvalue weighted by molar-refractivity contribution is 5.45. The van der Waals surface area contributed by atoms with Crippen LogP contribution in [-0.4, -0.2) is 17.3 Å². The maximum atomic E-state index is 13.7. The molecule has 0 aromatic heterocycles. The van der Waals surface area contributed by atoms with Crippen LogP contribution in [0.15, 0.2) is 6.07 Å². The summed E-state index contributed by atoms with van der Waals surface area (Å²) < 4.78 is 32.1. The Morgan fingerprint density at radius 2 is 2.06 bits per heavy atom. The Kier molecular flexibility index (Phi) is 1.98. The first kappa shape index (κ1) is 10.0. The second-order valence-corrected chi connectivity index (χ2v) is 4.63. The summed E-state index contributed by atoms with van der Waals surface area (Å²) in [6, 6.07) is 0.852. The number of hydrogen-bond donors (Lipinski definition) is 1. The second kappa shape index (κ2) is 3.17. The molecule has 0 atom stereocenters. The molecule has 4 heteroatoms. The van der Waals surface area contributed by atoms with Crippen molar-refractivity contribution >= 4 is 0 Å². The van der Waals surface area contributed by atoms with Crippen molar-refractivity contribution in [2.45, 2.75) is 31.3 Å². The van der Waals surface area contributed by atoms with Gasteiger partial charge < -0.3 is 9.84 Å². The summed E-state index contributed by atoms with van der Waals surface area (Å²) in [7, 11) is 0. The fourth-order valence-electron chi connectivity index (χ4n) is 2.21. The van der Waals surface area contributed by atoms with E-state index in [9.17, 15) is 13.9 Å². The number of ether oxygens (including phenoxy) is 1. The molecule has 1 aliphatic heterocycles. The van der Waals surface area contributed by atoms with Gasteiger partial charge in [0.1, 0.15) is 5.82 Å². The largest absolute Gasteiger partial charge is 0.490 e. The van der Waals surface area contributed by atoms with Gasteiger partial charge in [-0.2, -0.15) is 0 Å². The maximum Gasteiger partial charge on any atom is 0.168 e. The highest BCUT2D eigenvalue weighted by Crippen LogP contribution is 2.42. The zero-order valence-electron chi connectivity index (χ0n) is 8.72. The zero-order valence-corrected chi connectivity index (χ0v) is 8.72. The first-order chi connectivity index (χ1) is 7.59. The summed E-state index contributed by atoms with van der Waals surface area (Å²) in [4.78, 5) is 0. The van der Waals surface area contributed by atoms with Crippen molar-refractivity contribution in [3.63, 3.8) is 0 Å². The van der Waals surface area contributed by atoms with Gasteiger partial charge in [-0.15, -0.1) is 0 Å². The lowest BCUT2D eigenvalue weighted by molar-refractivity contribution is 0.149. The Hall–Kier alpha value is -1.16. The molecule has 16 heavy (non-hydrogen) atoms. The first-order valence-corrected chi connectivity index (χ1v) is 5.44. The summed E-state index contributed by atoms with van der Waals surface area (Å²) in [6.45, 7) is 0.390. The van der Waals surface area contributed by atoms with Crippen LogP contribution in [0.4, 0.5) is 8.78 Å². The molecule has 2 nitrogen and oxygen atoms in total. The van der Waals surface area contributed by atoms with Gasteiger partial charge in [-0.05, 0) is 18.4 Å². The number of halogens is 2. The zero-order chi connectivity index (χ0) is 11.3. The van der Waals surface area contributed by atoms with Crippen LogP contribution in [0.1, 0.15) is 24.0 Å². The van der Waals surface area contributed by atoms with Gasteiger partial charge in [0.25, 0.3) is 0 Å². The number of hydrogen-bond acceptors (Lipinski definition) is 2. The molecule has 0 unspecified atom stereocenters. The number of benzene rings is 1. The molecule has 0 spiro atoms. The van der Waals surface area contributed by atoms with E-state index < -0.39 is 17.2 Å². The Morgan fingerprint density at radius 1 is 1.31 bits per heavy atom. The van der Waals surface area contributed by atoms with Gasteiger partial charge >= 0.3 is 0 Å². The van der Waals surface area contributed by atoms with Crippen LogP contribution < -0.4 is 4.74 Å². The van der Waals surface area contributed by atoms with Crippen LogP contribution in [0.5, 0.6) is 5.75 Å². The van der Waals surface area contributed by atoms with Crippen LogP contribution >= 0.6 is 0 Å². The standard InChI is InChI=1S/C12H12F2O2/c13-9-5-10(14)11-7(1-4-16-11)8(9)6-12(15)2-3-12/h5,15H,1-4,6H2. The van der Waals surface area contributed by atoms with Crippen molar-refractivity contribution in [1.82, 2.24) is 0 Å². The van der Waals surface area contributed by atoms with Crippen molar-refractivity contribution in [2.24, 2.45) is 0 Å². The minimum absolute atomic E-state index is 0.167. The highest BCUT2D eigenvalue weighted by atomic mass is 19.1. The van der Waals surface area contributed by atoms with Gasteiger partial charge in [-0.3, -0.25) is 0 Å². The van der Waals surface area contributed by atoms with E-state index in [4.69, 9.17) is 4.74 Å². The predicted octanol–water partition coefficient (Wildman–Crippen LogP) is 1.97. The molecule has 1 heterocycles. The minimum Gasteiger partial charge on any atom is -0.490 e. The first-order valence-electron chi connectivity index (χ1n) is 5.44. The van der Waals surface area contributed by atoms with Crippen molar-refractivity contribution < 1.29 is 18.6 Å². The molecule has 1 N–H and O–H groups in total. The quantitative estimate of drug-likeness (QED) is 0.835. The number of rotatable bonds is 2. The van der Waals surface area contributed by atoms with E-state index in [1.165, 1.54) is 0 Å². The van der Waals surface area contributed by atoms with Crippen LogP contribution in [0, 0.1) is 11.6 Å². The molecule has 0 bridgehead atoms. The molecule has 1 aliphatic carbocycles. The predicted molar refractivity (Wildman–Crippen MR) is 53.4 cm³/mol. The summed E-state index contributed by atoms with van der Waals surface area (Å²) in [6.07, 6.45) is 2.18. The summed E-state index contributed by atoms with van der Waals surface area (Å²) in [5.74, 6) is -1.04. The molecule has 1 aromatic carbocycles. The van der Waals surface area contributed by atoms with Crippen molar-refractivity contribution in [2.75, 3.05) is 6.61 Å². The topological polar surface area (TPSA) is 29.5 Å². The molecule has 2 aliphatic rings. The minimum atomic E-state index is -0.769. The molecule has 3 rings (SSSR count). The molecular weight excluding hydrogens is 214 g/mol. The van der Waals surface area contributed by atoms with Crippen LogP contribution in [0.3, 0.4) is 0 Å². The fourth-order valence-corrected chi connectivity index (χ4v) is 2.21. The SMILES string of the molecule is OC1(Cc2c(F)cc(F)c3c2CCO3)CC1. The van der Waals surface area contributed by atoms with Crippen molar-refractivity contribution in [3.8, 4) is 5.75 Å². The van der Waals surface area contributed by atoms with Gasteiger partial charge in [0.15, 0.2) is 11.6 Å². The number of fused-ring (bicyclic) bond motifs is 1. The van der Waals surface area contributed by atoms with Crippen LogP contribution in [-0.2, 0) is 12.8 Å². The highest BCUT2D eigenvalue weighted by Gasteiger charge is 2.42. The van der Waals surface area contributed by atoms with Gasteiger partial charge in [0.05, 0.1) is 12.2 Å². The summed E-state index contributed by atoms with van der Waals surface area (Å²) in [5, 5.41) is 9.81. The monoisotopic (exact) mass is 226 g/mol. The van der Waals surface area contributed by atoms with Crippen LogP contribution in [0.2, 0.25) is 0 Å². The Morgan fingerprint density at radius 3 is 2.75 bits per heavy atom. The molecule has 0 amide bonds. The van der Waals surface area contributed by atoms with Gasteiger partial charge in [0.2, 0.25) is 0 Å². The maximum absolute atomic E-state index is 13.7. The fraction of sp³-hybridized carbons (Fsp3) is 0.500. The third kappa shape index (κ3) is 1.48. The average Bonchev–Trinajstić information content (AvgIpc) is 2.79. The smallest absolute Gasteiger partial charge is 0.168 e. The summed E-state index contributed by atoms with van der Waals surface area (Å²) in [5.41, 5.74) is 0.251. The molecule has 86 valence electrons. The molecule has 1 aromatic rings. The molecule has 0 saturated heterocycles. The van der Waals surface area contributed by atoms with Crippen LogP contribution in [0.25, 0.3) is 0 Å². The van der Waals surface area contributed by atoms with E-state index in [2.05, 4.69) is 0 Å². The Balaban J connectivity index is 2.06. The van der Waals surface area contributed by atoms with E-state index in [1.54, 1.807) is 0 Å². The lowest BCUT2D eigenvalue weighted by Crippen LogP contribution is -2.14. The van der Waals surface area contributed by atoms with Gasteiger partial charge in [0, 0.05) is 24.5 Å². The molecule has 0 radical (unpaired) electrons. The van der Waals surface area contributed by atoms with E-state index in [1.807, 2.05) is 0 Å². The lowest BCUT2D eigenvalue weighted by Gasteiger charge is -2.12. The van der Waals surface area contributed by atoms with E-state index in [0.717, 1.165) is 6.07 Å². The summed E-state index contributed by atoms with van der Waals surface area (Å²) >= 11 is 0. The average molecular weight is 226 g/mol. The van der Waals surface area contributed by atoms with Gasteiger partial charge in [-0.25, -0.2) is 8.78 Å².